The number of ether oxygens (including phenoxy) is 1. The van der Waals surface area contributed by atoms with E-state index in [0.717, 1.165) is 26.1 Å². The van der Waals surface area contributed by atoms with E-state index in [1.165, 1.54) is 0 Å². The Hall–Kier alpha value is -1.10. The first-order chi connectivity index (χ1) is 9.54. The molecule has 114 valence electrons. The number of hydrogen-bond acceptors (Lipinski definition) is 3. The van der Waals surface area contributed by atoms with Crippen LogP contribution in [0, 0.1) is 5.92 Å². The molecule has 2 aliphatic rings. The number of nitrogens with zero attached hydrogens (tertiary/aromatic N) is 1. The van der Waals surface area contributed by atoms with E-state index in [0.29, 0.717) is 25.3 Å². The van der Waals surface area contributed by atoms with E-state index in [1.807, 2.05) is 20.8 Å². The third-order valence-corrected chi connectivity index (χ3v) is 4.88. The highest BCUT2D eigenvalue weighted by molar-refractivity contribution is 5.99. The second-order valence-electron chi connectivity index (χ2n) is 5.97. The first-order valence-electron chi connectivity index (χ1n) is 7.75. The summed E-state index contributed by atoms with van der Waals surface area (Å²) in [5.41, 5.74) is -0.700. The monoisotopic (exact) mass is 282 g/mol. The first kappa shape index (κ1) is 15.3. The predicted molar refractivity (Wildman–Crippen MR) is 76.2 cm³/mol. The summed E-state index contributed by atoms with van der Waals surface area (Å²) in [4.78, 5) is 26.8. The lowest BCUT2D eigenvalue weighted by atomic mass is 9.86. The van der Waals surface area contributed by atoms with Crippen LogP contribution in [0.25, 0.3) is 0 Å². The Bertz CT molecular complexity index is 373. The van der Waals surface area contributed by atoms with Crippen molar-refractivity contribution in [2.75, 3.05) is 19.8 Å². The molecule has 2 aliphatic heterocycles. The Morgan fingerprint density at radius 1 is 1.25 bits per heavy atom. The smallest absolute Gasteiger partial charge is 0.248 e. The molecule has 2 fully saturated rings. The second-order valence-corrected chi connectivity index (χ2v) is 5.97. The summed E-state index contributed by atoms with van der Waals surface area (Å²) in [6, 6.07) is -0.364. The van der Waals surface area contributed by atoms with E-state index in [-0.39, 0.29) is 17.9 Å². The number of piperazine rings is 1. The van der Waals surface area contributed by atoms with Crippen LogP contribution in [-0.4, -0.2) is 48.1 Å². The van der Waals surface area contributed by atoms with Crippen molar-refractivity contribution in [3.8, 4) is 0 Å². The van der Waals surface area contributed by atoms with Crippen LogP contribution in [0.2, 0.25) is 0 Å². The molecule has 2 heterocycles. The first-order valence-corrected chi connectivity index (χ1v) is 7.75. The molecule has 0 aromatic rings. The summed E-state index contributed by atoms with van der Waals surface area (Å²) in [5, 5.41) is 2.94. The molecule has 0 aromatic carbocycles. The van der Waals surface area contributed by atoms with E-state index in [4.69, 9.17) is 4.74 Å². The lowest BCUT2D eigenvalue weighted by molar-refractivity contribution is -0.156. The van der Waals surface area contributed by atoms with Crippen LogP contribution in [-0.2, 0) is 14.3 Å². The van der Waals surface area contributed by atoms with Gasteiger partial charge in [-0.3, -0.25) is 9.59 Å². The molecule has 0 bridgehead atoms. The Balaban J connectivity index is 2.15. The number of carbonyl (C=O) groups excluding carboxylic acids is 2. The molecule has 1 N–H and O–H groups in total. The van der Waals surface area contributed by atoms with Crippen molar-refractivity contribution >= 4 is 11.8 Å². The van der Waals surface area contributed by atoms with Gasteiger partial charge in [0.2, 0.25) is 11.8 Å². The molecule has 5 heteroatoms. The van der Waals surface area contributed by atoms with Crippen LogP contribution in [0.3, 0.4) is 0 Å². The van der Waals surface area contributed by atoms with Crippen molar-refractivity contribution in [1.82, 2.24) is 10.2 Å². The highest BCUT2D eigenvalue weighted by Crippen LogP contribution is 2.27. The summed E-state index contributed by atoms with van der Waals surface area (Å²) >= 11 is 0. The highest BCUT2D eigenvalue weighted by atomic mass is 16.5. The van der Waals surface area contributed by atoms with Gasteiger partial charge in [0.15, 0.2) is 0 Å². The van der Waals surface area contributed by atoms with Gasteiger partial charge in [0.25, 0.3) is 0 Å². The van der Waals surface area contributed by atoms with E-state index in [9.17, 15) is 9.59 Å². The molecule has 2 amide bonds. The SMILES string of the molecule is CCC1(CC)NC(=O)C(C)N(CC2CCOCC2)C1=O. The van der Waals surface area contributed by atoms with Gasteiger partial charge < -0.3 is 15.0 Å². The van der Waals surface area contributed by atoms with Gasteiger partial charge in [-0.05, 0) is 38.5 Å². The van der Waals surface area contributed by atoms with Crippen LogP contribution < -0.4 is 5.32 Å². The zero-order chi connectivity index (χ0) is 14.8. The number of carbonyl (C=O) groups is 2. The molecule has 1 unspecified atom stereocenters. The van der Waals surface area contributed by atoms with Crippen molar-refractivity contribution in [3.05, 3.63) is 0 Å². The summed E-state index contributed by atoms with van der Waals surface area (Å²) < 4.78 is 5.36. The van der Waals surface area contributed by atoms with Crippen LogP contribution in [0.4, 0.5) is 0 Å². The third-order valence-electron chi connectivity index (χ3n) is 4.88. The highest BCUT2D eigenvalue weighted by Gasteiger charge is 2.47. The van der Waals surface area contributed by atoms with E-state index >= 15 is 0 Å². The van der Waals surface area contributed by atoms with Gasteiger partial charge in [-0.15, -0.1) is 0 Å². The van der Waals surface area contributed by atoms with Gasteiger partial charge in [0.05, 0.1) is 0 Å². The molecule has 20 heavy (non-hydrogen) atoms. The fourth-order valence-electron chi connectivity index (χ4n) is 3.16. The summed E-state index contributed by atoms with van der Waals surface area (Å²) in [6.45, 7) is 7.95. The average molecular weight is 282 g/mol. The minimum atomic E-state index is -0.700. The summed E-state index contributed by atoms with van der Waals surface area (Å²) in [6.07, 6.45) is 3.24. The summed E-state index contributed by atoms with van der Waals surface area (Å²) in [7, 11) is 0. The lowest BCUT2D eigenvalue weighted by Crippen LogP contribution is -2.69. The van der Waals surface area contributed by atoms with Gasteiger partial charge in [-0.1, -0.05) is 13.8 Å². The van der Waals surface area contributed by atoms with Gasteiger partial charge in [0, 0.05) is 19.8 Å². The Morgan fingerprint density at radius 3 is 2.40 bits per heavy atom. The van der Waals surface area contributed by atoms with Crippen molar-refractivity contribution in [2.45, 2.75) is 58.0 Å². The predicted octanol–water partition coefficient (Wildman–Crippen LogP) is 1.32. The van der Waals surface area contributed by atoms with Gasteiger partial charge in [0.1, 0.15) is 11.6 Å². The van der Waals surface area contributed by atoms with Crippen molar-refractivity contribution < 1.29 is 14.3 Å². The lowest BCUT2D eigenvalue weighted by Gasteiger charge is -2.45. The van der Waals surface area contributed by atoms with Gasteiger partial charge in [-0.2, -0.15) is 0 Å². The van der Waals surface area contributed by atoms with E-state index in [2.05, 4.69) is 5.32 Å². The molecule has 0 spiro atoms. The van der Waals surface area contributed by atoms with Gasteiger partial charge in [-0.25, -0.2) is 0 Å². The van der Waals surface area contributed by atoms with Gasteiger partial charge >= 0.3 is 0 Å². The molecule has 0 radical (unpaired) electrons. The Kier molecular flexibility index (Phi) is 4.68. The normalized spacial score (nSPS) is 27.6. The van der Waals surface area contributed by atoms with Crippen LogP contribution in [0.5, 0.6) is 0 Å². The molecule has 2 saturated heterocycles. The van der Waals surface area contributed by atoms with Crippen LogP contribution in [0.1, 0.15) is 46.5 Å². The Morgan fingerprint density at radius 2 is 1.85 bits per heavy atom. The maximum Gasteiger partial charge on any atom is 0.248 e. The zero-order valence-electron chi connectivity index (χ0n) is 12.8. The molecular weight excluding hydrogens is 256 g/mol. The third kappa shape index (κ3) is 2.68. The zero-order valence-corrected chi connectivity index (χ0v) is 12.8. The topological polar surface area (TPSA) is 58.6 Å². The fourth-order valence-corrected chi connectivity index (χ4v) is 3.16. The molecule has 2 rings (SSSR count). The van der Waals surface area contributed by atoms with E-state index < -0.39 is 5.54 Å². The molecule has 5 nitrogen and oxygen atoms in total. The maximum absolute atomic E-state index is 12.8. The number of hydrogen-bond donors (Lipinski definition) is 1. The molecule has 0 saturated carbocycles. The molecule has 0 aliphatic carbocycles. The van der Waals surface area contributed by atoms with Crippen molar-refractivity contribution in [2.24, 2.45) is 5.92 Å². The molecule has 0 aromatic heterocycles. The Labute approximate surface area is 121 Å². The molecular formula is C15H26N2O3. The largest absolute Gasteiger partial charge is 0.381 e. The maximum atomic E-state index is 12.8. The minimum absolute atomic E-state index is 0.0274. The molecule has 1 atom stereocenters. The quantitative estimate of drug-likeness (QED) is 0.846. The number of rotatable bonds is 4. The van der Waals surface area contributed by atoms with Crippen molar-refractivity contribution in [3.63, 3.8) is 0 Å². The van der Waals surface area contributed by atoms with Crippen LogP contribution >= 0.6 is 0 Å². The number of nitrogens with one attached hydrogen (secondary N) is 1. The van der Waals surface area contributed by atoms with Crippen molar-refractivity contribution in [1.29, 1.82) is 0 Å². The average Bonchev–Trinajstić information content (AvgIpc) is 2.48. The standard InChI is InChI=1S/C15H26N2O3/c1-4-15(5-2)14(19)17(11(3)13(18)16-15)10-12-6-8-20-9-7-12/h11-12H,4-10H2,1-3H3,(H,16,18). The van der Waals surface area contributed by atoms with E-state index in [1.54, 1.807) is 4.90 Å². The number of amides is 2. The minimum Gasteiger partial charge on any atom is -0.381 e. The van der Waals surface area contributed by atoms with Crippen LogP contribution in [0.15, 0.2) is 0 Å². The fraction of sp³-hybridized carbons (Fsp3) is 0.867. The second kappa shape index (κ2) is 6.12. The summed E-state index contributed by atoms with van der Waals surface area (Å²) in [5.74, 6) is 0.508.